The van der Waals surface area contributed by atoms with Gasteiger partial charge < -0.3 is 14.2 Å². The van der Waals surface area contributed by atoms with Crippen LogP contribution in [0, 0.1) is 0 Å². The van der Waals surface area contributed by atoms with E-state index in [9.17, 15) is 4.79 Å². The van der Waals surface area contributed by atoms with Crippen molar-refractivity contribution >= 4 is 11.3 Å². The highest BCUT2D eigenvalue weighted by Crippen LogP contribution is 2.40. The number of nitrogens with zero attached hydrogens (tertiary/aromatic N) is 3. The smallest absolute Gasteiger partial charge is 0.329 e. The molecule has 29 heavy (non-hydrogen) atoms. The minimum Gasteiger partial charge on any atom is -0.493 e. The molecule has 0 unspecified atom stereocenters. The highest BCUT2D eigenvalue weighted by atomic mass is 16.5. The second kappa shape index (κ2) is 7.67. The first kappa shape index (κ1) is 18.5. The van der Waals surface area contributed by atoms with Gasteiger partial charge in [0.1, 0.15) is 0 Å². The van der Waals surface area contributed by atoms with Crippen LogP contribution in [0.2, 0.25) is 0 Å². The zero-order chi connectivity index (χ0) is 20.4. The molecule has 2 aromatic heterocycles. The molecule has 0 saturated carbocycles. The summed E-state index contributed by atoms with van der Waals surface area (Å²) in [7, 11) is 4.66. The highest BCUT2D eigenvalue weighted by molar-refractivity contribution is 5.73. The molecule has 0 aliphatic carbocycles. The Labute approximate surface area is 166 Å². The van der Waals surface area contributed by atoms with E-state index in [4.69, 9.17) is 14.2 Å². The third-order valence-corrected chi connectivity index (χ3v) is 4.62. The van der Waals surface area contributed by atoms with Crippen LogP contribution in [0.25, 0.3) is 22.6 Å². The number of aromatic nitrogens is 4. The molecular formula is C21H20N4O4. The molecule has 148 valence electrons. The predicted molar refractivity (Wildman–Crippen MR) is 109 cm³/mol. The molecule has 0 atom stereocenters. The Bertz CT molecular complexity index is 1190. The van der Waals surface area contributed by atoms with Crippen LogP contribution in [-0.4, -0.2) is 40.8 Å². The van der Waals surface area contributed by atoms with Crippen molar-refractivity contribution < 1.29 is 14.2 Å². The number of benzene rings is 2. The quantitative estimate of drug-likeness (QED) is 0.543. The molecule has 0 amide bonds. The summed E-state index contributed by atoms with van der Waals surface area (Å²) in [6.45, 7) is 0.396. The van der Waals surface area contributed by atoms with Gasteiger partial charge in [-0.05, 0) is 17.7 Å². The lowest BCUT2D eigenvalue weighted by Crippen LogP contribution is -2.17. The Morgan fingerprint density at radius 3 is 2.31 bits per heavy atom. The first-order valence-electron chi connectivity index (χ1n) is 8.94. The van der Waals surface area contributed by atoms with Gasteiger partial charge in [-0.15, -0.1) is 0 Å². The van der Waals surface area contributed by atoms with E-state index >= 15 is 0 Å². The third kappa shape index (κ3) is 3.40. The SMILES string of the molecule is COc1cc(-c2cnc3[nH]c(=O)n(Cc4ccccc4)c3n2)cc(OC)c1OC. The zero-order valence-corrected chi connectivity index (χ0v) is 16.3. The Morgan fingerprint density at radius 2 is 1.69 bits per heavy atom. The maximum absolute atomic E-state index is 12.4. The number of ether oxygens (including phenoxy) is 3. The maximum atomic E-state index is 12.4. The first-order valence-corrected chi connectivity index (χ1v) is 8.94. The van der Waals surface area contributed by atoms with Gasteiger partial charge in [0.05, 0.1) is 39.8 Å². The van der Waals surface area contributed by atoms with E-state index in [1.54, 1.807) is 44.2 Å². The van der Waals surface area contributed by atoms with E-state index in [-0.39, 0.29) is 5.69 Å². The van der Waals surface area contributed by atoms with Gasteiger partial charge in [0, 0.05) is 5.56 Å². The fourth-order valence-electron chi connectivity index (χ4n) is 3.20. The maximum Gasteiger partial charge on any atom is 0.329 e. The molecule has 2 heterocycles. The van der Waals surface area contributed by atoms with Crippen molar-refractivity contribution in [3.63, 3.8) is 0 Å². The average Bonchev–Trinajstić information content (AvgIpc) is 3.07. The molecule has 0 saturated heterocycles. The average molecular weight is 392 g/mol. The van der Waals surface area contributed by atoms with E-state index in [1.165, 1.54) is 0 Å². The molecule has 0 radical (unpaired) electrons. The van der Waals surface area contributed by atoms with Crippen molar-refractivity contribution in [2.45, 2.75) is 6.54 Å². The highest BCUT2D eigenvalue weighted by Gasteiger charge is 2.17. The lowest BCUT2D eigenvalue weighted by Gasteiger charge is -2.14. The molecule has 1 N–H and O–H groups in total. The molecule has 8 nitrogen and oxygen atoms in total. The number of methoxy groups -OCH3 is 3. The molecule has 0 bridgehead atoms. The van der Waals surface area contributed by atoms with E-state index in [0.29, 0.717) is 40.8 Å². The third-order valence-electron chi connectivity index (χ3n) is 4.62. The van der Waals surface area contributed by atoms with Gasteiger partial charge in [-0.2, -0.15) is 0 Å². The molecule has 0 aliphatic rings. The van der Waals surface area contributed by atoms with Crippen LogP contribution in [0.3, 0.4) is 0 Å². The van der Waals surface area contributed by atoms with Gasteiger partial charge in [-0.3, -0.25) is 9.55 Å². The summed E-state index contributed by atoms with van der Waals surface area (Å²) < 4.78 is 17.8. The van der Waals surface area contributed by atoms with Crippen LogP contribution in [0.5, 0.6) is 17.2 Å². The summed E-state index contributed by atoms with van der Waals surface area (Å²) in [6, 6.07) is 13.3. The Morgan fingerprint density at radius 1 is 1.00 bits per heavy atom. The Kier molecular flexibility index (Phi) is 4.90. The van der Waals surface area contributed by atoms with Crippen LogP contribution in [0.15, 0.2) is 53.5 Å². The Hall–Kier alpha value is -3.81. The molecule has 0 spiro atoms. The van der Waals surface area contributed by atoms with Crippen LogP contribution < -0.4 is 19.9 Å². The number of imidazole rings is 1. The lowest BCUT2D eigenvalue weighted by molar-refractivity contribution is 0.324. The molecule has 8 heteroatoms. The minimum atomic E-state index is -0.258. The van der Waals surface area contributed by atoms with Crippen molar-refractivity contribution in [2.24, 2.45) is 0 Å². The van der Waals surface area contributed by atoms with Crippen molar-refractivity contribution in [1.82, 2.24) is 19.5 Å². The molecule has 2 aromatic carbocycles. The summed E-state index contributed by atoms with van der Waals surface area (Å²) in [5.41, 5.74) is 2.96. The first-order chi connectivity index (χ1) is 14.1. The van der Waals surface area contributed by atoms with Crippen LogP contribution >= 0.6 is 0 Å². The summed E-state index contributed by atoms with van der Waals surface area (Å²) >= 11 is 0. The van der Waals surface area contributed by atoms with Gasteiger partial charge >= 0.3 is 5.69 Å². The van der Waals surface area contributed by atoms with Crippen LogP contribution in [0.4, 0.5) is 0 Å². The summed E-state index contributed by atoms with van der Waals surface area (Å²) in [4.78, 5) is 24.3. The number of fused-ring (bicyclic) bond motifs is 1. The van der Waals surface area contributed by atoms with E-state index in [0.717, 1.165) is 11.1 Å². The van der Waals surface area contributed by atoms with Crippen molar-refractivity contribution in [2.75, 3.05) is 21.3 Å². The van der Waals surface area contributed by atoms with Crippen LogP contribution in [0.1, 0.15) is 5.56 Å². The molecular weight excluding hydrogens is 372 g/mol. The number of hydrogen-bond acceptors (Lipinski definition) is 6. The van der Waals surface area contributed by atoms with E-state index in [2.05, 4.69) is 15.0 Å². The van der Waals surface area contributed by atoms with E-state index in [1.807, 2.05) is 30.3 Å². The van der Waals surface area contributed by atoms with Gasteiger partial charge in [0.25, 0.3) is 0 Å². The number of aromatic amines is 1. The predicted octanol–water partition coefficient (Wildman–Crippen LogP) is 2.86. The standard InChI is InChI=1S/C21H20N4O4/c1-27-16-9-14(10-17(28-2)18(16)29-3)15-11-22-19-20(23-15)25(21(26)24-19)12-13-7-5-4-6-8-13/h4-11H,12H2,1-3H3,(H,22,24,26). The molecule has 4 aromatic rings. The number of H-pyrrole nitrogens is 1. The van der Waals surface area contributed by atoms with Crippen molar-refractivity contribution in [3.05, 3.63) is 64.7 Å². The zero-order valence-electron chi connectivity index (χ0n) is 16.3. The summed E-state index contributed by atoms with van der Waals surface area (Å²) in [6.07, 6.45) is 1.60. The normalized spacial score (nSPS) is 10.9. The van der Waals surface area contributed by atoms with E-state index < -0.39 is 0 Å². The van der Waals surface area contributed by atoms with Crippen LogP contribution in [-0.2, 0) is 6.54 Å². The van der Waals surface area contributed by atoms with Gasteiger partial charge in [0.15, 0.2) is 22.8 Å². The topological polar surface area (TPSA) is 91.3 Å². The van der Waals surface area contributed by atoms with Gasteiger partial charge in [0.2, 0.25) is 5.75 Å². The Balaban J connectivity index is 1.84. The molecule has 4 rings (SSSR count). The van der Waals surface area contributed by atoms with Crippen molar-refractivity contribution in [1.29, 1.82) is 0 Å². The summed E-state index contributed by atoms with van der Waals surface area (Å²) in [5, 5.41) is 0. The van der Waals surface area contributed by atoms with Crippen molar-refractivity contribution in [3.8, 4) is 28.5 Å². The fraction of sp³-hybridized carbons (Fsp3) is 0.190. The second-order valence-corrected chi connectivity index (χ2v) is 6.34. The van der Waals surface area contributed by atoms with Gasteiger partial charge in [-0.1, -0.05) is 30.3 Å². The van der Waals surface area contributed by atoms with Gasteiger partial charge in [-0.25, -0.2) is 14.8 Å². The molecule has 0 aliphatic heterocycles. The minimum absolute atomic E-state index is 0.258. The number of nitrogens with one attached hydrogen (secondary N) is 1. The number of hydrogen-bond donors (Lipinski definition) is 1. The lowest BCUT2D eigenvalue weighted by atomic mass is 10.1. The monoisotopic (exact) mass is 392 g/mol. The number of rotatable bonds is 6. The fourth-order valence-corrected chi connectivity index (χ4v) is 3.20. The second-order valence-electron chi connectivity index (χ2n) is 6.34. The largest absolute Gasteiger partial charge is 0.493 e. The molecule has 0 fully saturated rings. The summed E-state index contributed by atoms with van der Waals surface area (Å²) in [5.74, 6) is 1.52.